The van der Waals surface area contributed by atoms with Crippen molar-refractivity contribution in [2.24, 2.45) is 5.73 Å². The Hall–Kier alpha value is -2.74. The van der Waals surface area contributed by atoms with Crippen molar-refractivity contribution in [3.05, 3.63) is 54.1 Å². The fourth-order valence-corrected chi connectivity index (χ4v) is 2.77. The fraction of sp³-hybridized carbons (Fsp3) is 0.188. The van der Waals surface area contributed by atoms with Gasteiger partial charge in [0.15, 0.2) is 0 Å². The second-order valence-corrected chi connectivity index (χ2v) is 6.73. The van der Waals surface area contributed by atoms with Crippen LogP contribution in [0.15, 0.2) is 48.5 Å². The van der Waals surface area contributed by atoms with E-state index in [2.05, 4.69) is 4.72 Å². The Morgan fingerprint density at radius 2 is 1.62 bits per heavy atom. The molecule has 0 bridgehead atoms. The van der Waals surface area contributed by atoms with Crippen molar-refractivity contribution in [2.75, 3.05) is 24.2 Å². The van der Waals surface area contributed by atoms with Gasteiger partial charge in [-0.2, -0.15) is 0 Å². The molecule has 0 aliphatic rings. The average molecular weight is 350 g/mol. The highest BCUT2D eigenvalue weighted by Gasteiger charge is 2.11. The highest BCUT2D eigenvalue weighted by Crippen LogP contribution is 2.17. The van der Waals surface area contributed by atoms with Crippen molar-refractivity contribution in [1.82, 2.24) is 0 Å². The largest absolute Gasteiger partial charge is 0.497 e. The Balaban J connectivity index is 1.87. The summed E-state index contributed by atoms with van der Waals surface area (Å²) in [5.74, 6) is 0.460. The lowest BCUT2D eigenvalue weighted by atomic mass is 10.2. The van der Waals surface area contributed by atoms with Crippen molar-refractivity contribution in [3.8, 4) is 11.5 Å². The number of nitrogens with one attached hydrogen (secondary N) is 1. The topological polar surface area (TPSA) is 108 Å². The Kier molecular flexibility index (Phi) is 5.64. The van der Waals surface area contributed by atoms with Crippen LogP contribution >= 0.6 is 0 Å². The summed E-state index contributed by atoms with van der Waals surface area (Å²) in [6.45, 7) is 0.00102. The van der Waals surface area contributed by atoms with Crippen molar-refractivity contribution >= 4 is 21.6 Å². The molecule has 0 aliphatic heterocycles. The Bertz CT molecular complexity index is 786. The molecular formula is C16H18N2O5S. The van der Waals surface area contributed by atoms with Gasteiger partial charge in [-0.05, 0) is 48.5 Å². The minimum Gasteiger partial charge on any atom is -0.497 e. The van der Waals surface area contributed by atoms with Gasteiger partial charge in [0, 0.05) is 11.3 Å². The number of primary amides is 1. The molecule has 0 saturated carbocycles. The molecular weight excluding hydrogens is 332 g/mol. The third kappa shape index (κ3) is 5.17. The van der Waals surface area contributed by atoms with Crippen molar-refractivity contribution in [1.29, 1.82) is 0 Å². The summed E-state index contributed by atoms with van der Waals surface area (Å²) in [5, 5.41) is 0. The van der Waals surface area contributed by atoms with Crippen LogP contribution in [0.1, 0.15) is 10.4 Å². The minimum absolute atomic E-state index is 0.00102. The normalized spacial score (nSPS) is 10.9. The van der Waals surface area contributed by atoms with E-state index < -0.39 is 15.9 Å². The predicted molar refractivity (Wildman–Crippen MR) is 90.9 cm³/mol. The molecule has 2 aromatic carbocycles. The molecule has 24 heavy (non-hydrogen) atoms. The van der Waals surface area contributed by atoms with Crippen LogP contribution in [-0.2, 0) is 10.0 Å². The number of benzene rings is 2. The molecule has 2 aromatic rings. The van der Waals surface area contributed by atoms with E-state index in [-0.39, 0.29) is 12.4 Å². The molecule has 8 heteroatoms. The van der Waals surface area contributed by atoms with Crippen LogP contribution in [0.2, 0.25) is 0 Å². The Morgan fingerprint density at radius 3 is 2.17 bits per heavy atom. The van der Waals surface area contributed by atoms with E-state index >= 15 is 0 Å². The van der Waals surface area contributed by atoms with E-state index in [4.69, 9.17) is 15.2 Å². The van der Waals surface area contributed by atoms with E-state index in [0.29, 0.717) is 22.7 Å². The second-order valence-electron chi connectivity index (χ2n) is 4.89. The van der Waals surface area contributed by atoms with E-state index in [0.717, 1.165) is 0 Å². The Morgan fingerprint density at radius 1 is 1.04 bits per heavy atom. The lowest BCUT2D eigenvalue weighted by Crippen LogP contribution is -2.21. The van der Waals surface area contributed by atoms with Gasteiger partial charge in [-0.3, -0.25) is 9.52 Å². The predicted octanol–water partition coefficient (Wildman–Crippen LogP) is 1.61. The molecule has 0 spiro atoms. The SMILES string of the molecule is COc1ccc(OCCS(=O)(=O)Nc2ccc(C(N)=O)cc2)cc1. The lowest BCUT2D eigenvalue weighted by molar-refractivity contribution is 0.100. The lowest BCUT2D eigenvalue weighted by Gasteiger charge is -2.10. The van der Waals surface area contributed by atoms with Gasteiger partial charge in [-0.1, -0.05) is 0 Å². The molecule has 0 aliphatic carbocycles. The molecule has 3 N–H and O–H groups in total. The van der Waals surface area contributed by atoms with Crippen LogP contribution in [0.3, 0.4) is 0 Å². The van der Waals surface area contributed by atoms with Gasteiger partial charge in [0.25, 0.3) is 0 Å². The second kappa shape index (κ2) is 7.69. The highest BCUT2D eigenvalue weighted by atomic mass is 32.2. The van der Waals surface area contributed by atoms with E-state index in [9.17, 15) is 13.2 Å². The number of nitrogens with two attached hydrogens (primary N) is 1. The minimum atomic E-state index is -3.57. The maximum absolute atomic E-state index is 12.0. The first kappa shape index (κ1) is 17.6. The Labute approximate surface area is 140 Å². The number of hydrogen-bond donors (Lipinski definition) is 2. The number of methoxy groups -OCH3 is 1. The standard InChI is InChI=1S/C16H18N2O5S/c1-22-14-6-8-15(9-7-14)23-10-11-24(20,21)18-13-4-2-12(3-5-13)16(17)19/h2-9,18H,10-11H2,1H3,(H2,17,19). The number of sulfonamides is 1. The van der Waals surface area contributed by atoms with Crippen LogP contribution in [0.5, 0.6) is 11.5 Å². The van der Waals surface area contributed by atoms with Crippen LogP contribution in [0.25, 0.3) is 0 Å². The van der Waals surface area contributed by atoms with Crippen LogP contribution < -0.4 is 19.9 Å². The van der Waals surface area contributed by atoms with Gasteiger partial charge in [-0.25, -0.2) is 8.42 Å². The van der Waals surface area contributed by atoms with Crippen LogP contribution in [-0.4, -0.2) is 33.8 Å². The zero-order valence-electron chi connectivity index (χ0n) is 13.1. The average Bonchev–Trinajstić information content (AvgIpc) is 2.55. The number of rotatable bonds is 8. The summed E-state index contributed by atoms with van der Waals surface area (Å²) in [7, 11) is -2.01. The third-order valence-corrected chi connectivity index (χ3v) is 4.37. The molecule has 2 rings (SSSR count). The molecule has 0 unspecified atom stereocenters. The molecule has 0 fully saturated rings. The third-order valence-electron chi connectivity index (χ3n) is 3.12. The number of carbonyl (C=O) groups is 1. The summed E-state index contributed by atoms with van der Waals surface area (Å²) >= 11 is 0. The summed E-state index contributed by atoms with van der Waals surface area (Å²) < 4.78 is 36.8. The number of anilines is 1. The number of carbonyl (C=O) groups excluding carboxylic acids is 1. The zero-order valence-corrected chi connectivity index (χ0v) is 13.9. The molecule has 128 valence electrons. The summed E-state index contributed by atoms with van der Waals surface area (Å²) in [6, 6.07) is 12.7. The van der Waals surface area contributed by atoms with Crippen LogP contribution in [0.4, 0.5) is 5.69 Å². The van der Waals surface area contributed by atoms with E-state index in [1.165, 1.54) is 24.3 Å². The van der Waals surface area contributed by atoms with Gasteiger partial charge >= 0.3 is 0 Å². The molecule has 7 nitrogen and oxygen atoms in total. The zero-order chi connectivity index (χ0) is 17.6. The number of hydrogen-bond acceptors (Lipinski definition) is 5. The van der Waals surface area contributed by atoms with Crippen molar-refractivity contribution in [2.45, 2.75) is 0 Å². The summed E-state index contributed by atoms with van der Waals surface area (Å²) in [6.07, 6.45) is 0. The van der Waals surface area contributed by atoms with Gasteiger partial charge in [0.2, 0.25) is 15.9 Å². The number of ether oxygens (including phenoxy) is 2. The maximum Gasteiger partial charge on any atom is 0.248 e. The first-order valence-corrected chi connectivity index (χ1v) is 8.72. The van der Waals surface area contributed by atoms with Gasteiger partial charge < -0.3 is 15.2 Å². The van der Waals surface area contributed by atoms with Crippen LogP contribution in [0, 0.1) is 0 Å². The quantitative estimate of drug-likeness (QED) is 0.752. The molecule has 0 heterocycles. The summed E-state index contributed by atoms with van der Waals surface area (Å²) in [5.41, 5.74) is 5.79. The summed E-state index contributed by atoms with van der Waals surface area (Å²) in [4.78, 5) is 11.0. The maximum atomic E-state index is 12.0. The first-order chi connectivity index (χ1) is 11.4. The van der Waals surface area contributed by atoms with Crippen molar-refractivity contribution < 1.29 is 22.7 Å². The van der Waals surface area contributed by atoms with Crippen molar-refractivity contribution in [3.63, 3.8) is 0 Å². The molecule has 0 saturated heterocycles. The van der Waals surface area contributed by atoms with Gasteiger partial charge in [-0.15, -0.1) is 0 Å². The van der Waals surface area contributed by atoms with E-state index in [1.54, 1.807) is 31.4 Å². The first-order valence-electron chi connectivity index (χ1n) is 7.07. The van der Waals surface area contributed by atoms with Gasteiger partial charge in [0.1, 0.15) is 23.9 Å². The number of amides is 1. The van der Waals surface area contributed by atoms with E-state index in [1.807, 2.05) is 0 Å². The highest BCUT2D eigenvalue weighted by molar-refractivity contribution is 7.92. The fourth-order valence-electron chi connectivity index (χ4n) is 1.87. The molecule has 1 amide bonds. The monoisotopic (exact) mass is 350 g/mol. The molecule has 0 radical (unpaired) electrons. The van der Waals surface area contributed by atoms with Gasteiger partial charge in [0.05, 0.1) is 7.11 Å². The molecule has 0 atom stereocenters. The molecule has 0 aromatic heterocycles. The smallest absolute Gasteiger partial charge is 0.248 e.